The molecule has 3 rings (SSSR count). The highest BCUT2D eigenvalue weighted by Crippen LogP contribution is 2.35. The largest absolute Gasteiger partial charge is 0.490 e. The molecule has 0 saturated carbocycles. The normalized spacial score (nSPS) is 23.3. The van der Waals surface area contributed by atoms with Crippen LogP contribution in [-0.4, -0.2) is 13.2 Å². The van der Waals surface area contributed by atoms with E-state index in [1.54, 1.807) is 6.07 Å². The summed E-state index contributed by atoms with van der Waals surface area (Å²) in [6.07, 6.45) is 3.52. The van der Waals surface area contributed by atoms with Gasteiger partial charge in [-0.05, 0) is 43.9 Å². The van der Waals surface area contributed by atoms with Crippen molar-refractivity contribution < 1.29 is 13.5 Å². The first-order chi connectivity index (χ1) is 8.27. The number of benzene rings is 1. The maximum atomic E-state index is 13.9. The van der Waals surface area contributed by atoms with E-state index >= 15 is 0 Å². The van der Waals surface area contributed by atoms with E-state index < -0.39 is 11.6 Å². The molecule has 92 valence electrons. The highest BCUT2D eigenvalue weighted by atomic mass is 19.2. The van der Waals surface area contributed by atoms with E-state index in [9.17, 15) is 8.78 Å². The lowest BCUT2D eigenvalue weighted by atomic mass is 9.97. The monoisotopic (exact) mass is 239 g/mol. The Balaban J connectivity index is 2.06. The van der Waals surface area contributed by atoms with Gasteiger partial charge < -0.3 is 10.1 Å². The van der Waals surface area contributed by atoms with E-state index in [-0.39, 0.29) is 11.8 Å². The van der Waals surface area contributed by atoms with Crippen LogP contribution in [0.2, 0.25) is 0 Å². The highest BCUT2D eigenvalue weighted by molar-refractivity contribution is 5.42. The summed E-state index contributed by atoms with van der Waals surface area (Å²) in [7, 11) is 0. The summed E-state index contributed by atoms with van der Waals surface area (Å²) in [5.74, 6) is -1.44. The number of hydrogen-bond acceptors (Lipinski definition) is 2. The summed E-state index contributed by atoms with van der Waals surface area (Å²) >= 11 is 0. The molecular formula is C13H15F2NO. The van der Waals surface area contributed by atoms with Gasteiger partial charge in [-0.15, -0.1) is 0 Å². The third-order valence-electron chi connectivity index (χ3n) is 3.54. The number of aryl methyl sites for hydroxylation is 1. The van der Waals surface area contributed by atoms with E-state index in [0.29, 0.717) is 12.2 Å². The molecule has 0 aromatic heterocycles. The van der Waals surface area contributed by atoms with Crippen LogP contribution in [0.15, 0.2) is 6.07 Å². The van der Waals surface area contributed by atoms with Crippen molar-refractivity contribution in [1.82, 2.24) is 5.32 Å². The molecule has 1 fully saturated rings. The van der Waals surface area contributed by atoms with Crippen molar-refractivity contribution in [3.05, 3.63) is 28.8 Å². The fraction of sp³-hybridized carbons (Fsp3) is 0.538. The zero-order valence-electron chi connectivity index (χ0n) is 9.56. The van der Waals surface area contributed by atoms with Crippen molar-refractivity contribution in [3.63, 3.8) is 0 Å². The summed E-state index contributed by atoms with van der Waals surface area (Å²) in [4.78, 5) is 0. The lowest BCUT2D eigenvalue weighted by Crippen LogP contribution is -2.18. The van der Waals surface area contributed by atoms with Gasteiger partial charge in [0.25, 0.3) is 0 Å². The minimum absolute atomic E-state index is 0.0447. The van der Waals surface area contributed by atoms with Crippen molar-refractivity contribution >= 4 is 0 Å². The summed E-state index contributed by atoms with van der Waals surface area (Å²) in [6.45, 7) is 1.35. The predicted molar refractivity (Wildman–Crippen MR) is 60.2 cm³/mol. The van der Waals surface area contributed by atoms with Crippen molar-refractivity contribution in [2.24, 2.45) is 0 Å². The van der Waals surface area contributed by atoms with E-state index in [1.165, 1.54) is 0 Å². The Morgan fingerprint density at radius 1 is 1.24 bits per heavy atom. The first kappa shape index (κ1) is 11.0. The van der Waals surface area contributed by atoms with E-state index in [1.807, 2.05) is 0 Å². The Morgan fingerprint density at radius 2 is 2.12 bits per heavy atom. The van der Waals surface area contributed by atoms with Crippen molar-refractivity contribution in [2.75, 3.05) is 13.2 Å². The molecule has 1 aromatic rings. The fourth-order valence-corrected chi connectivity index (χ4v) is 2.67. The van der Waals surface area contributed by atoms with Gasteiger partial charge in [-0.1, -0.05) is 0 Å². The summed E-state index contributed by atoms with van der Waals surface area (Å²) in [5.41, 5.74) is 1.27. The maximum absolute atomic E-state index is 13.9. The van der Waals surface area contributed by atoms with Crippen molar-refractivity contribution in [2.45, 2.75) is 31.7 Å². The number of rotatable bonds is 1. The molecule has 0 bridgehead atoms. The molecule has 4 heteroatoms. The molecule has 1 aromatic carbocycles. The van der Waals surface area contributed by atoms with Crippen molar-refractivity contribution in [3.8, 4) is 5.75 Å². The van der Waals surface area contributed by atoms with Gasteiger partial charge in [0.05, 0.1) is 6.61 Å². The van der Waals surface area contributed by atoms with Crippen LogP contribution in [0.5, 0.6) is 5.75 Å². The standard InChI is InChI=1S/C13H15F2NO/c14-11-9(10-4-1-5-16-10)7-8-3-2-6-17-13(8)12(11)15/h7,10,16H,1-6H2/t10-/m0/s1. The van der Waals surface area contributed by atoms with Crippen molar-refractivity contribution in [1.29, 1.82) is 0 Å². The number of hydrogen-bond donors (Lipinski definition) is 1. The van der Waals surface area contributed by atoms with E-state index in [2.05, 4.69) is 5.32 Å². The van der Waals surface area contributed by atoms with Crippen LogP contribution in [0.25, 0.3) is 0 Å². The van der Waals surface area contributed by atoms with Gasteiger partial charge in [0.2, 0.25) is 5.82 Å². The fourth-order valence-electron chi connectivity index (χ4n) is 2.67. The maximum Gasteiger partial charge on any atom is 0.201 e. The molecule has 2 aliphatic heterocycles. The second-order valence-corrected chi connectivity index (χ2v) is 4.68. The van der Waals surface area contributed by atoms with Gasteiger partial charge in [-0.25, -0.2) is 4.39 Å². The molecule has 0 amide bonds. The molecular weight excluding hydrogens is 224 g/mol. The Kier molecular flexibility index (Phi) is 2.74. The van der Waals surface area contributed by atoms with Gasteiger partial charge in [-0.2, -0.15) is 4.39 Å². The molecule has 1 N–H and O–H groups in total. The van der Waals surface area contributed by atoms with E-state index in [0.717, 1.165) is 37.8 Å². The lowest BCUT2D eigenvalue weighted by molar-refractivity contribution is 0.266. The van der Waals surface area contributed by atoms with Crippen LogP contribution >= 0.6 is 0 Å². The minimum atomic E-state index is -0.814. The molecule has 2 heterocycles. The number of nitrogens with one attached hydrogen (secondary N) is 1. The Morgan fingerprint density at radius 3 is 2.88 bits per heavy atom. The molecule has 2 nitrogen and oxygen atoms in total. The van der Waals surface area contributed by atoms with Gasteiger partial charge >= 0.3 is 0 Å². The minimum Gasteiger partial charge on any atom is -0.490 e. The molecule has 0 aliphatic carbocycles. The highest BCUT2D eigenvalue weighted by Gasteiger charge is 2.27. The van der Waals surface area contributed by atoms with Crippen LogP contribution in [0.4, 0.5) is 8.78 Å². The number of halogens is 2. The second-order valence-electron chi connectivity index (χ2n) is 4.68. The van der Waals surface area contributed by atoms with E-state index in [4.69, 9.17) is 4.74 Å². The predicted octanol–water partition coefficient (Wildman–Crippen LogP) is 2.71. The quantitative estimate of drug-likeness (QED) is 0.813. The molecule has 0 radical (unpaired) electrons. The first-order valence-electron chi connectivity index (χ1n) is 6.14. The second kappa shape index (κ2) is 4.26. The third kappa shape index (κ3) is 1.80. The molecule has 1 atom stereocenters. The van der Waals surface area contributed by atoms with Gasteiger partial charge in [-0.3, -0.25) is 0 Å². The van der Waals surface area contributed by atoms with Gasteiger partial charge in [0.1, 0.15) is 0 Å². The topological polar surface area (TPSA) is 21.3 Å². The summed E-state index contributed by atoms with van der Waals surface area (Å²) in [5, 5.41) is 3.20. The molecule has 2 aliphatic rings. The lowest BCUT2D eigenvalue weighted by Gasteiger charge is -2.21. The van der Waals surface area contributed by atoms with Crippen LogP contribution in [0.3, 0.4) is 0 Å². The summed E-state index contributed by atoms with van der Waals surface area (Å²) < 4.78 is 33.0. The number of ether oxygens (including phenoxy) is 1. The summed E-state index contributed by atoms with van der Waals surface area (Å²) in [6, 6.07) is 1.73. The zero-order valence-corrected chi connectivity index (χ0v) is 9.56. The molecule has 1 saturated heterocycles. The molecule has 17 heavy (non-hydrogen) atoms. The number of fused-ring (bicyclic) bond motifs is 1. The molecule has 0 unspecified atom stereocenters. The Hall–Kier alpha value is -1.16. The zero-order chi connectivity index (χ0) is 11.8. The average Bonchev–Trinajstić information content (AvgIpc) is 2.87. The third-order valence-corrected chi connectivity index (χ3v) is 3.54. The average molecular weight is 239 g/mol. The first-order valence-corrected chi connectivity index (χ1v) is 6.14. The SMILES string of the molecule is Fc1c([C@@H]2CCCN2)cc2c(c1F)OCCC2. The van der Waals surface area contributed by atoms with Crippen LogP contribution < -0.4 is 10.1 Å². The Bertz CT molecular complexity index is 442. The van der Waals surface area contributed by atoms with Crippen LogP contribution in [0.1, 0.15) is 36.4 Å². The molecule has 0 spiro atoms. The van der Waals surface area contributed by atoms with Crippen LogP contribution in [-0.2, 0) is 6.42 Å². The van der Waals surface area contributed by atoms with Gasteiger partial charge in [0.15, 0.2) is 11.6 Å². The Labute approximate surface area is 99.0 Å². The van der Waals surface area contributed by atoms with Crippen LogP contribution in [0, 0.1) is 11.6 Å². The smallest absolute Gasteiger partial charge is 0.201 e. The van der Waals surface area contributed by atoms with Gasteiger partial charge in [0, 0.05) is 11.6 Å².